The lowest BCUT2D eigenvalue weighted by molar-refractivity contribution is 0.551. The van der Waals surface area contributed by atoms with Gasteiger partial charge in [-0.25, -0.2) is 4.98 Å². The third-order valence-corrected chi connectivity index (χ3v) is 3.58. The zero-order chi connectivity index (χ0) is 12.3. The van der Waals surface area contributed by atoms with Crippen LogP contribution in [0.5, 0.6) is 0 Å². The molecule has 1 atom stereocenters. The molecule has 17 heavy (non-hydrogen) atoms. The molecule has 2 rings (SSSR count). The normalized spacial score (nSPS) is 21.3. The minimum absolute atomic E-state index is 0.379. The van der Waals surface area contributed by atoms with Gasteiger partial charge in [-0.3, -0.25) is 0 Å². The second-order valence-electron chi connectivity index (χ2n) is 4.84. The van der Waals surface area contributed by atoms with Gasteiger partial charge in [-0.1, -0.05) is 19.8 Å². The number of hydrogen-bond donors (Lipinski definition) is 1. The molecule has 1 aromatic rings. The molecule has 1 aliphatic rings. The van der Waals surface area contributed by atoms with Gasteiger partial charge in [0, 0.05) is 24.3 Å². The molecule has 1 aromatic heterocycles. The van der Waals surface area contributed by atoms with Gasteiger partial charge in [0.25, 0.3) is 0 Å². The Morgan fingerprint density at radius 2 is 2.24 bits per heavy atom. The van der Waals surface area contributed by atoms with E-state index in [4.69, 9.17) is 5.73 Å². The van der Waals surface area contributed by atoms with Crippen molar-refractivity contribution in [2.75, 3.05) is 17.2 Å². The van der Waals surface area contributed by atoms with Crippen LogP contribution in [0.4, 0.5) is 11.8 Å². The zero-order valence-electron chi connectivity index (χ0n) is 10.8. The lowest BCUT2D eigenvalue weighted by Crippen LogP contribution is -2.35. The number of rotatable bonds is 2. The molecule has 0 spiro atoms. The highest BCUT2D eigenvalue weighted by atomic mass is 15.2. The molecule has 2 heterocycles. The molecule has 0 aliphatic carbocycles. The summed E-state index contributed by atoms with van der Waals surface area (Å²) >= 11 is 0. The van der Waals surface area contributed by atoms with Gasteiger partial charge >= 0.3 is 0 Å². The van der Waals surface area contributed by atoms with E-state index in [0.717, 1.165) is 17.9 Å². The van der Waals surface area contributed by atoms with Crippen molar-refractivity contribution in [2.45, 2.75) is 52.0 Å². The van der Waals surface area contributed by atoms with Gasteiger partial charge in [0.2, 0.25) is 5.95 Å². The zero-order valence-corrected chi connectivity index (χ0v) is 10.8. The molecule has 0 radical (unpaired) electrons. The molecule has 1 saturated heterocycles. The van der Waals surface area contributed by atoms with E-state index in [1.165, 1.54) is 32.1 Å². The summed E-state index contributed by atoms with van der Waals surface area (Å²) < 4.78 is 0. The first kappa shape index (κ1) is 12.1. The number of anilines is 2. The first-order chi connectivity index (χ1) is 8.22. The molecular formula is C13H22N4. The number of nitrogens with two attached hydrogens (primary N) is 1. The highest BCUT2D eigenvalue weighted by Crippen LogP contribution is 2.26. The highest BCUT2D eigenvalue weighted by molar-refractivity contribution is 5.49. The van der Waals surface area contributed by atoms with Crippen LogP contribution in [-0.2, 0) is 0 Å². The summed E-state index contributed by atoms with van der Waals surface area (Å²) in [6.45, 7) is 5.41. The van der Waals surface area contributed by atoms with Crippen LogP contribution in [-0.4, -0.2) is 22.6 Å². The van der Waals surface area contributed by atoms with Crippen LogP contribution in [0.1, 0.15) is 44.6 Å². The van der Waals surface area contributed by atoms with Crippen molar-refractivity contribution in [1.29, 1.82) is 0 Å². The first-order valence-corrected chi connectivity index (χ1v) is 6.58. The summed E-state index contributed by atoms with van der Waals surface area (Å²) in [5.41, 5.74) is 6.84. The quantitative estimate of drug-likeness (QED) is 0.854. The van der Waals surface area contributed by atoms with Crippen LogP contribution < -0.4 is 10.6 Å². The maximum atomic E-state index is 5.71. The molecule has 4 nitrogen and oxygen atoms in total. The van der Waals surface area contributed by atoms with Crippen molar-refractivity contribution in [3.63, 3.8) is 0 Å². The summed E-state index contributed by atoms with van der Waals surface area (Å²) in [5.74, 6) is 1.41. The smallest absolute Gasteiger partial charge is 0.221 e. The maximum absolute atomic E-state index is 5.71. The monoisotopic (exact) mass is 234 g/mol. The number of aromatic nitrogens is 2. The van der Waals surface area contributed by atoms with E-state index in [1.54, 1.807) is 0 Å². The molecule has 0 amide bonds. The van der Waals surface area contributed by atoms with E-state index in [2.05, 4.69) is 28.7 Å². The van der Waals surface area contributed by atoms with Crippen molar-refractivity contribution in [3.05, 3.63) is 11.8 Å². The van der Waals surface area contributed by atoms with Crippen molar-refractivity contribution in [3.8, 4) is 0 Å². The Hall–Kier alpha value is -1.32. The van der Waals surface area contributed by atoms with Gasteiger partial charge in [0.05, 0.1) is 0 Å². The minimum atomic E-state index is 0.379. The number of nitrogen functional groups attached to an aromatic ring is 1. The second kappa shape index (κ2) is 5.34. The summed E-state index contributed by atoms with van der Waals surface area (Å²) in [7, 11) is 0. The van der Waals surface area contributed by atoms with E-state index < -0.39 is 0 Å². The van der Waals surface area contributed by atoms with E-state index in [0.29, 0.717) is 12.0 Å². The van der Waals surface area contributed by atoms with E-state index >= 15 is 0 Å². The van der Waals surface area contributed by atoms with Crippen LogP contribution in [0.2, 0.25) is 0 Å². The van der Waals surface area contributed by atoms with Gasteiger partial charge in [-0.2, -0.15) is 4.98 Å². The Labute approximate surface area is 103 Å². The fourth-order valence-electron chi connectivity index (χ4n) is 2.62. The topological polar surface area (TPSA) is 55.0 Å². The highest BCUT2D eigenvalue weighted by Gasteiger charge is 2.22. The predicted octanol–water partition coefficient (Wildman–Crippen LogP) is 2.53. The van der Waals surface area contributed by atoms with Crippen LogP contribution in [0.25, 0.3) is 0 Å². The SMILES string of the molecule is CCC1CCCCCN1c1nc(N)ncc1C. The van der Waals surface area contributed by atoms with Crippen LogP contribution in [0, 0.1) is 6.92 Å². The van der Waals surface area contributed by atoms with Crippen LogP contribution in [0.3, 0.4) is 0 Å². The molecule has 4 heteroatoms. The van der Waals surface area contributed by atoms with Crippen molar-refractivity contribution >= 4 is 11.8 Å². The largest absolute Gasteiger partial charge is 0.368 e. The summed E-state index contributed by atoms with van der Waals surface area (Å²) in [4.78, 5) is 10.9. The van der Waals surface area contributed by atoms with E-state index in [-0.39, 0.29) is 0 Å². The second-order valence-corrected chi connectivity index (χ2v) is 4.84. The van der Waals surface area contributed by atoms with Crippen molar-refractivity contribution in [2.24, 2.45) is 0 Å². The van der Waals surface area contributed by atoms with Gasteiger partial charge in [0.15, 0.2) is 0 Å². The lowest BCUT2D eigenvalue weighted by atomic mass is 10.1. The molecule has 1 aliphatic heterocycles. The van der Waals surface area contributed by atoms with Gasteiger partial charge < -0.3 is 10.6 Å². The summed E-state index contributed by atoms with van der Waals surface area (Å²) in [6.07, 6.45) is 8.17. The summed E-state index contributed by atoms with van der Waals surface area (Å²) in [6, 6.07) is 0.602. The van der Waals surface area contributed by atoms with Crippen LogP contribution >= 0.6 is 0 Å². The predicted molar refractivity (Wildman–Crippen MR) is 71.1 cm³/mol. The first-order valence-electron chi connectivity index (χ1n) is 6.58. The molecule has 0 saturated carbocycles. The molecule has 1 unspecified atom stereocenters. The number of aryl methyl sites for hydroxylation is 1. The molecular weight excluding hydrogens is 212 g/mol. The van der Waals surface area contributed by atoms with Crippen LogP contribution in [0.15, 0.2) is 6.20 Å². The fourth-order valence-corrected chi connectivity index (χ4v) is 2.62. The molecule has 2 N–H and O–H groups in total. The average molecular weight is 234 g/mol. The standard InChI is InChI=1S/C13H22N4/c1-3-11-7-5-4-6-8-17(11)12-10(2)9-15-13(14)16-12/h9,11H,3-8H2,1-2H3,(H2,14,15,16). The lowest BCUT2D eigenvalue weighted by Gasteiger charge is -2.31. The van der Waals surface area contributed by atoms with E-state index in [9.17, 15) is 0 Å². The number of nitrogens with zero attached hydrogens (tertiary/aromatic N) is 3. The minimum Gasteiger partial charge on any atom is -0.368 e. The third kappa shape index (κ3) is 2.68. The Kier molecular flexibility index (Phi) is 3.82. The molecule has 94 valence electrons. The van der Waals surface area contributed by atoms with Crippen molar-refractivity contribution < 1.29 is 0 Å². The molecule has 0 aromatic carbocycles. The summed E-state index contributed by atoms with van der Waals surface area (Å²) in [5, 5.41) is 0. The van der Waals surface area contributed by atoms with E-state index in [1.807, 2.05) is 6.20 Å². The third-order valence-electron chi connectivity index (χ3n) is 3.58. The Morgan fingerprint density at radius 3 is 3.00 bits per heavy atom. The molecule has 1 fully saturated rings. The van der Waals surface area contributed by atoms with Gasteiger partial charge in [-0.05, 0) is 26.2 Å². The maximum Gasteiger partial charge on any atom is 0.221 e. The Morgan fingerprint density at radius 1 is 1.41 bits per heavy atom. The fraction of sp³-hybridized carbons (Fsp3) is 0.692. The van der Waals surface area contributed by atoms with Crippen molar-refractivity contribution in [1.82, 2.24) is 9.97 Å². The van der Waals surface area contributed by atoms with Gasteiger partial charge in [-0.15, -0.1) is 0 Å². The van der Waals surface area contributed by atoms with Gasteiger partial charge in [0.1, 0.15) is 5.82 Å². The average Bonchev–Trinajstić information content (AvgIpc) is 2.57. The molecule has 0 bridgehead atoms. The Bertz CT molecular complexity index is 378. The Balaban J connectivity index is 2.31. The number of hydrogen-bond acceptors (Lipinski definition) is 4.